The molecule has 0 bridgehead atoms. The molecular weight excluding hydrogens is 494 g/mol. The van der Waals surface area contributed by atoms with Gasteiger partial charge < -0.3 is 9.47 Å². The average molecular weight is 530 g/mol. The van der Waals surface area contributed by atoms with E-state index < -0.39 is 25.4 Å². The van der Waals surface area contributed by atoms with Gasteiger partial charge in [-0.05, 0) is 65.6 Å². The monoisotopic (exact) mass is 529 g/mol. The molecule has 0 aliphatic heterocycles. The summed E-state index contributed by atoms with van der Waals surface area (Å²) in [4.78, 5) is 42.2. The second kappa shape index (κ2) is 10.2. The molecule has 0 heterocycles. The number of esters is 2. The Bertz CT molecular complexity index is 1380. The normalized spacial score (nSPS) is 14.0. The Morgan fingerprint density at radius 2 is 1.24 bits per heavy atom. The fourth-order valence-corrected chi connectivity index (χ4v) is 8.14. The first-order valence-electron chi connectivity index (χ1n) is 12.7. The van der Waals surface area contributed by atoms with E-state index in [9.17, 15) is 14.4 Å². The maximum atomic E-state index is 14.2. The van der Waals surface area contributed by atoms with Crippen molar-refractivity contribution in [3.8, 4) is 0 Å². The average Bonchev–Trinajstić information content (AvgIpc) is 3.34. The van der Waals surface area contributed by atoms with Crippen LogP contribution in [-0.2, 0) is 31.9 Å². The third-order valence-electron chi connectivity index (χ3n) is 7.56. The number of ether oxygens (including phenoxy) is 2. The molecule has 198 valence electrons. The van der Waals surface area contributed by atoms with Crippen molar-refractivity contribution >= 4 is 42.5 Å². The van der Waals surface area contributed by atoms with E-state index in [1.165, 1.54) is 14.2 Å². The van der Waals surface area contributed by atoms with Crippen molar-refractivity contribution in [3.63, 3.8) is 0 Å². The van der Waals surface area contributed by atoms with Crippen LogP contribution in [0.2, 0.25) is 19.6 Å². The Morgan fingerprint density at radius 1 is 0.763 bits per heavy atom. The number of hydrogen-bond donors (Lipinski definition) is 0. The number of amides is 1. The Hall–Kier alpha value is -3.71. The van der Waals surface area contributed by atoms with Crippen molar-refractivity contribution in [2.24, 2.45) is 5.41 Å². The van der Waals surface area contributed by atoms with Crippen molar-refractivity contribution in [3.05, 3.63) is 88.5 Å². The number of rotatable bonds is 6. The standard InChI is InChI=1S/C31H35NO5Si/c1-20-24-18-31(29(34)36-3,30(35)37-4)19-25(24)21(2)27(38(5,6)7)26(20)32(23-16-12-9-13-17-23)28(33)22-14-10-8-11-15-22/h8-17H,18-19H2,1-7H3. The number of benzene rings is 3. The number of methoxy groups -OCH3 is 2. The molecule has 0 atom stereocenters. The van der Waals surface area contributed by atoms with Gasteiger partial charge in [-0.3, -0.25) is 19.3 Å². The van der Waals surface area contributed by atoms with Crippen LogP contribution in [0.25, 0.3) is 0 Å². The predicted molar refractivity (Wildman–Crippen MR) is 152 cm³/mol. The fourth-order valence-electron chi connectivity index (χ4n) is 5.85. The van der Waals surface area contributed by atoms with Gasteiger partial charge in [-0.2, -0.15) is 0 Å². The third-order valence-corrected chi connectivity index (χ3v) is 9.67. The largest absolute Gasteiger partial charge is 0.468 e. The number of nitrogens with zero attached hydrogens (tertiary/aromatic N) is 1. The van der Waals surface area contributed by atoms with E-state index in [0.29, 0.717) is 5.56 Å². The van der Waals surface area contributed by atoms with Gasteiger partial charge in [0.15, 0.2) is 5.41 Å². The summed E-state index contributed by atoms with van der Waals surface area (Å²) in [5.74, 6) is -1.34. The number of para-hydroxylation sites is 1. The molecule has 0 spiro atoms. The smallest absolute Gasteiger partial charge is 0.323 e. The van der Waals surface area contributed by atoms with Gasteiger partial charge in [0.25, 0.3) is 5.91 Å². The van der Waals surface area contributed by atoms with E-state index >= 15 is 0 Å². The molecule has 1 aliphatic rings. The van der Waals surface area contributed by atoms with Crippen molar-refractivity contribution < 1.29 is 23.9 Å². The molecule has 0 aromatic heterocycles. The van der Waals surface area contributed by atoms with Gasteiger partial charge in [-0.25, -0.2) is 0 Å². The van der Waals surface area contributed by atoms with Gasteiger partial charge in [0.2, 0.25) is 0 Å². The van der Waals surface area contributed by atoms with Gasteiger partial charge in [0.1, 0.15) is 0 Å². The zero-order valence-electron chi connectivity index (χ0n) is 23.2. The third kappa shape index (κ3) is 4.45. The maximum Gasteiger partial charge on any atom is 0.323 e. The van der Waals surface area contributed by atoms with Crippen LogP contribution in [0.1, 0.15) is 32.6 Å². The fraction of sp³-hybridized carbons (Fsp3) is 0.323. The van der Waals surface area contributed by atoms with Crippen LogP contribution in [0.4, 0.5) is 11.4 Å². The lowest BCUT2D eigenvalue weighted by Crippen LogP contribution is -2.45. The molecule has 1 aliphatic carbocycles. The first kappa shape index (κ1) is 27.3. The Labute approximate surface area is 225 Å². The summed E-state index contributed by atoms with van der Waals surface area (Å²) in [6, 6.07) is 18.9. The van der Waals surface area contributed by atoms with Crippen LogP contribution in [-0.4, -0.2) is 40.1 Å². The molecule has 0 fully saturated rings. The second-order valence-corrected chi connectivity index (χ2v) is 15.9. The Kier molecular flexibility index (Phi) is 7.34. The minimum atomic E-state index is -2.08. The van der Waals surface area contributed by atoms with Crippen molar-refractivity contribution in [2.75, 3.05) is 19.1 Å². The van der Waals surface area contributed by atoms with Gasteiger partial charge in [-0.1, -0.05) is 56.0 Å². The van der Waals surface area contributed by atoms with Gasteiger partial charge in [-0.15, -0.1) is 0 Å². The van der Waals surface area contributed by atoms with Crippen LogP contribution >= 0.6 is 0 Å². The summed E-state index contributed by atoms with van der Waals surface area (Å²) < 4.78 is 10.2. The molecule has 0 radical (unpaired) electrons. The molecule has 3 aromatic carbocycles. The molecule has 0 N–H and O–H groups in total. The lowest BCUT2D eigenvalue weighted by Gasteiger charge is -2.34. The number of hydrogen-bond acceptors (Lipinski definition) is 5. The van der Waals surface area contributed by atoms with Crippen molar-refractivity contribution in [1.82, 2.24) is 0 Å². The van der Waals surface area contributed by atoms with Gasteiger partial charge >= 0.3 is 11.9 Å². The van der Waals surface area contributed by atoms with Crippen LogP contribution in [0.15, 0.2) is 60.7 Å². The second-order valence-electron chi connectivity index (χ2n) is 10.9. The first-order valence-corrected chi connectivity index (χ1v) is 16.2. The van der Waals surface area contributed by atoms with E-state index in [4.69, 9.17) is 9.47 Å². The minimum Gasteiger partial charge on any atom is -0.468 e. The summed E-state index contributed by atoms with van der Waals surface area (Å²) in [6.07, 6.45) is 0.375. The first-order chi connectivity index (χ1) is 18.0. The molecule has 3 aromatic rings. The molecule has 7 heteroatoms. The number of anilines is 2. The molecular formula is C31H35NO5Si. The molecule has 1 amide bonds. The number of carbonyl (C=O) groups excluding carboxylic acids is 3. The van der Waals surface area contributed by atoms with E-state index in [1.54, 1.807) is 0 Å². The molecule has 4 rings (SSSR count). The highest BCUT2D eigenvalue weighted by molar-refractivity contribution is 6.90. The van der Waals surface area contributed by atoms with E-state index in [2.05, 4.69) is 26.6 Å². The zero-order valence-corrected chi connectivity index (χ0v) is 24.2. The predicted octanol–water partition coefficient (Wildman–Crippen LogP) is 5.26. The molecule has 0 saturated heterocycles. The minimum absolute atomic E-state index is 0.135. The van der Waals surface area contributed by atoms with Crippen LogP contribution in [0.3, 0.4) is 0 Å². The highest BCUT2D eigenvalue weighted by atomic mass is 28.3. The van der Waals surface area contributed by atoms with Crippen molar-refractivity contribution in [2.45, 2.75) is 46.3 Å². The summed E-state index contributed by atoms with van der Waals surface area (Å²) in [6.45, 7) is 10.8. The van der Waals surface area contributed by atoms with Crippen LogP contribution in [0, 0.1) is 19.3 Å². The molecule has 0 unspecified atom stereocenters. The lowest BCUT2D eigenvalue weighted by atomic mass is 9.84. The van der Waals surface area contributed by atoms with Crippen LogP contribution < -0.4 is 10.1 Å². The van der Waals surface area contributed by atoms with E-state index in [0.717, 1.165) is 38.8 Å². The molecule has 38 heavy (non-hydrogen) atoms. The van der Waals surface area contributed by atoms with E-state index in [1.807, 2.05) is 72.5 Å². The Balaban J connectivity index is 2.06. The lowest BCUT2D eigenvalue weighted by molar-refractivity contribution is -0.168. The van der Waals surface area contributed by atoms with Crippen molar-refractivity contribution in [1.29, 1.82) is 0 Å². The number of carbonyl (C=O) groups is 3. The topological polar surface area (TPSA) is 72.9 Å². The molecule has 0 saturated carbocycles. The van der Waals surface area contributed by atoms with Gasteiger partial charge in [0.05, 0.1) is 28.0 Å². The maximum absolute atomic E-state index is 14.2. The Morgan fingerprint density at radius 3 is 1.71 bits per heavy atom. The highest BCUT2D eigenvalue weighted by Gasteiger charge is 2.54. The summed E-state index contributed by atoms with van der Waals surface area (Å²) in [7, 11) is 0.509. The quantitative estimate of drug-likeness (QED) is 0.248. The van der Waals surface area contributed by atoms with Crippen LogP contribution in [0.5, 0.6) is 0 Å². The van der Waals surface area contributed by atoms with Gasteiger partial charge in [0, 0.05) is 24.1 Å². The number of fused-ring (bicyclic) bond motifs is 1. The summed E-state index contributed by atoms with van der Waals surface area (Å²) in [5.41, 5.74) is 4.52. The SMILES string of the molecule is COC(=O)C1(C(=O)OC)Cc2c(C)c(N(C(=O)c3ccccc3)c3ccccc3)c([Si](C)(C)C)c(C)c2C1. The zero-order chi connectivity index (χ0) is 27.8. The summed E-state index contributed by atoms with van der Waals surface area (Å²) >= 11 is 0. The highest BCUT2D eigenvalue weighted by Crippen LogP contribution is 2.45. The summed E-state index contributed by atoms with van der Waals surface area (Å²) in [5, 5.41) is 1.13. The molecule has 6 nitrogen and oxygen atoms in total. The van der Waals surface area contributed by atoms with E-state index in [-0.39, 0.29) is 18.7 Å².